The van der Waals surface area contributed by atoms with Gasteiger partial charge < -0.3 is 9.53 Å². The zero-order chi connectivity index (χ0) is 17.7. The molecule has 0 aliphatic rings. The van der Waals surface area contributed by atoms with Crippen molar-refractivity contribution in [3.05, 3.63) is 29.3 Å². The van der Waals surface area contributed by atoms with Gasteiger partial charge in [0.2, 0.25) is 0 Å². The van der Waals surface area contributed by atoms with E-state index in [2.05, 4.69) is 40.8 Å². The molecule has 0 heterocycles. The maximum absolute atomic E-state index is 12.5. The van der Waals surface area contributed by atoms with E-state index >= 15 is 0 Å². The number of phenolic OH excluding ortho intramolecular Hbond substituents is 1. The predicted molar refractivity (Wildman–Crippen MR) is 98.6 cm³/mol. The molecule has 0 aromatic heterocycles. The molecule has 130 valence electrons. The molecule has 1 aromatic carbocycles. The minimum atomic E-state index is -1.86. The summed E-state index contributed by atoms with van der Waals surface area (Å²) >= 11 is 0. The molecule has 1 N–H and O–H groups in total. The number of ketones is 1. The number of phenols is 1. The third kappa shape index (κ3) is 5.77. The van der Waals surface area contributed by atoms with E-state index in [-0.39, 0.29) is 16.6 Å². The van der Waals surface area contributed by atoms with Gasteiger partial charge in [-0.2, -0.15) is 0 Å². The summed E-state index contributed by atoms with van der Waals surface area (Å²) in [4.78, 5) is 12.5. The third-order valence-corrected chi connectivity index (χ3v) is 9.27. The molecule has 0 saturated carbocycles. The summed E-state index contributed by atoms with van der Waals surface area (Å²) in [5.74, 6) is 0.239. The highest BCUT2D eigenvalue weighted by Crippen LogP contribution is 2.37. The fraction of sp³-hybridized carbons (Fsp3) is 0.632. The van der Waals surface area contributed by atoms with Crippen LogP contribution < -0.4 is 0 Å². The number of carbonyl (C=O) groups excluding carboxylic acids is 1. The molecule has 3 nitrogen and oxygen atoms in total. The van der Waals surface area contributed by atoms with Crippen molar-refractivity contribution in [3.8, 4) is 5.75 Å². The van der Waals surface area contributed by atoms with Crippen molar-refractivity contribution in [2.75, 3.05) is 0 Å². The zero-order valence-corrected chi connectivity index (χ0v) is 16.5. The van der Waals surface area contributed by atoms with Crippen LogP contribution in [-0.2, 0) is 11.0 Å². The first-order valence-corrected chi connectivity index (χ1v) is 11.5. The fourth-order valence-electron chi connectivity index (χ4n) is 2.09. The fourth-order valence-corrected chi connectivity index (χ4v) is 3.04. The lowest BCUT2D eigenvalue weighted by atomic mass is 9.99. The lowest BCUT2D eigenvalue weighted by Gasteiger charge is -2.36. The van der Waals surface area contributed by atoms with Gasteiger partial charge in [-0.05, 0) is 42.2 Å². The van der Waals surface area contributed by atoms with Gasteiger partial charge >= 0.3 is 0 Å². The van der Waals surface area contributed by atoms with E-state index in [9.17, 15) is 9.90 Å². The van der Waals surface area contributed by atoms with E-state index in [0.29, 0.717) is 18.6 Å². The van der Waals surface area contributed by atoms with Crippen molar-refractivity contribution < 1.29 is 14.3 Å². The first kappa shape index (κ1) is 19.9. The number of unbranched alkanes of at least 4 members (excludes halogenated alkanes) is 2. The van der Waals surface area contributed by atoms with Crippen molar-refractivity contribution >= 4 is 14.1 Å². The van der Waals surface area contributed by atoms with E-state index in [1.54, 1.807) is 12.1 Å². The molecular formula is C19H32O3Si. The van der Waals surface area contributed by atoms with E-state index in [4.69, 9.17) is 4.43 Å². The Labute approximate surface area is 142 Å². The van der Waals surface area contributed by atoms with Gasteiger partial charge in [0.25, 0.3) is 0 Å². The van der Waals surface area contributed by atoms with Crippen molar-refractivity contribution in [2.24, 2.45) is 0 Å². The molecule has 0 bridgehead atoms. The SMILES string of the molecule is CCCCCC(=O)c1cc(O)ccc1CO[Si](C)(C)C(C)(C)C. The van der Waals surface area contributed by atoms with Gasteiger partial charge in [-0.15, -0.1) is 0 Å². The first-order valence-electron chi connectivity index (χ1n) is 8.57. The van der Waals surface area contributed by atoms with Crippen LogP contribution in [0.1, 0.15) is 69.3 Å². The molecule has 4 heteroatoms. The van der Waals surface area contributed by atoms with E-state index in [1.165, 1.54) is 0 Å². The summed E-state index contributed by atoms with van der Waals surface area (Å²) < 4.78 is 6.24. The average Bonchev–Trinajstić information content (AvgIpc) is 2.44. The second-order valence-corrected chi connectivity index (χ2v) is 12.6. The normalized spacial score (nSPS) is 12.4. The van der Waals surface area contributed by atoms with E-state index in [1.807, 2.05) is 6.07 Å². The van der Waals surface area contributed by atoms with Gasteiger partial charge in [0, 0.05) is 12.0 Å². The highest BCUT2D eigenvalue weighted by atomic mass is 28.4. The van der Waals surface area contributed by atoms with Crippen LogP contribution in [0.5, 0.6) is 5.75 Å². The summed E-state index contributed by atoms with van der Waals surface area (Å²) in [6.07, 6.45) is 3.58. The summed E-state index contributed by atoms with van der Waals surface area (Å²) in [5.41, 5.74) is 1.49. The second-order valence-electron chi connectivity index (χ2n) is 7.77. The lowest BCUT2D eigenvalue weighted by Crippen LogP contribution is -2.40. The number of Topliss-reactive ketones (excluding diaryl/α,β-unsaturated/α-hetero) is 1. The first-order chi connectivity index (χ1) is 10.6. The Kier molecular flexibility index (Phi) is 7.02. The topological polar surface area (TPSA) is 46.5 Å². The predicted octanol–water partition coefficient (Wildman–Crippen LogP) is 5.68. The third-order valence-electron chi connectivity index (χ3n) is 4.80. The Morgan fingerprint density at radius 2 is 1.87 bits per heavy atom. The van der Waals surface area contributed by atoms with Crippen LogP contribution in [0.4, 0.5) is 0 Å². The molecule has 0 spiro atoms. The maximum atomic E-state index is 12.5. The second kappa shape index (κ2) is 8.11. The minimum Gasteiger partial charge on any atom is -0.508 e. The Balaban J connectivity index is 2.89. The molecule has 0 atom stereocenters. The molecule has 0 radical (unpaired) electrons. The molecule has 0 unspecified atom stereocenters. The summed E-state index contributed by atoms with van der Waals surface area (Å²) in [6.45, 7) is 13.6. The number of aromatic hydroxyl groups is 1. The van der Waals surface area contributed by atoms with Gasteiger partial charge in [0.05, 0.1) is 6.61 Å². The smallest absolute Gasteiger partial charge is 0.192 e. The summed E-state index contributed by atoms with van der Waals surface area (Å²) in [7, 11) is -1.86. The summed E-state index contributed by atoms with van der Waals surface area (Å²) in [6, 6.07) is 5.03. The van der Waals surface area contributed by atoms with Crippen LogP contribution in [0.25, 0.3) is 0 Å². The lowest BCUT2D eigenvalue weighted by molar-refractivity contribution is 0.0976. The van der Waals surface area contributed by atoms with Gasteiger partial charge in [-0.3, -0.25) is 4.79 Å². The highest BCUT2D eigenvalue weighted by molar-refractivity contribution is 6.74. The Bertz CT molecular complexity index is 530. The van der Waals surface area contributed by atoms with Crippen molar-refractivity contribution in [3.63, 3.8) is 0 Å². The maximum Gasteiger partial charge on any atom is 0.192 e. The van der Waals surface area contributed by atoms with Crippen molar-refractivity contribution in [1.29, 1.82) is 0 Å². The van der Waals surface area contributed by atoms with Crippen LogP contribution in [-0.4, -0.2) is 19.2 Å². The Morgan fingerprint density at radius 1 is 1.22 bits per heavy atom. The van der Waals surface area contributed by atoms with Crippen LogP contribution in [0.2, 0.25) is 18.1 Å². The van der Waals surface area contributed by atoms with Gasteiger partial charge in [0.15, 0.2) is 14.1 Å². The molecule has 1 rings (SSSR count). The van der Waals surface area contributed by atoms with Crippen LogP contribution in [0.3, 0.4) is 0 Å². The number of benzene rings is 1. The number of hydrogen-bond acceptors (Lipinski definition) is 3. The standard InChI is InChI=1S/C19H32O3Si/c1-7-8-9-10-18(21)17-13-16(20)12-11-15(17)14-22-23(5,6)19(2,3)4/h11-13,20H,7-10,14H2,1-6H3. The molecule has 0 amide bonds. The van der Waals surface area contributed by atoms with E-state index < -0.39 is 8.32 Å². The average molecular weight is 337 g/mol. The van der Waals surface area contributed by atoms with Crippen molar-refractivity contribution in [2.45, 2.75) is 78.1 Å². The van der Waals surface area contributed by atoms with Gasteiger partial charge in [-0.1, -0.05) is 46.6 Å². The molecule has 23 heavy (non-hydrogen) atoms. The molecule has 1 aromatic rings. The number of hydrogen-bond donors (Lipinski definition) is 1. The minimum absolute atomic E-state index is 0.100. The van der Waals surface area contributed by atoms with E-state index in [0.717, 1.165) is 24.8 Å². The quantitative estimate of drug-likeness (QED) is 0.377. The Hall–Kier alpha value is -1.13. The molecular weight excluding hydrogens is 304 g/mol. The van der Waals surface area contributed by atoms with Crippen molar-refractivity contribution in [1.82, 2.24) is 0 Å². The van der Waals surface area contributed by atoms with Crippen LogP contribution in [0, 0.1) is 0 Å². The molecule has 0 saturated heterocycles. The highest BCUT2D eigenvalue weighted by Gasteiger charge is 2.37. The number of carbonyl (C=O) groups is 1. The summed E-state index contributed by atoms with van der Waals surface area (Å²) in [5, 5.41) is 9.87. The largest absolute Gasteiger partial charge is 0.508 e. The zero-order valence-electron chi connectivity index (χ0n) is 15.5. The Morgan fingerprint density at radius 3 is 2.43 bits per heavy atom. The van der Waals surface area contributed by atoms with Crippen LogP contribution >= 0.6 is 0 Å². The number of rotatable bonds is 8. The molecule has 0 fully saturated rings. The van der Waals surface area contributed by atoms with Gasteiger partial charge in [-0.25, -0.2) is 0 Å². The molecule has 0 aliphatic carbocycles. The molecule has 0 aliphatic heterocycles. The van der Waals surface area contributed by atoms with Gasteiger partial charge in [0.1, 0.15) is 5.75 Å². The van der Waals surface area contributed by atoms with Crippen LogP contribution in [0.15, 0.2) is 18.2 Å². The monoisotopic (exact) mass is 336 g/mol.